The minimum atomic E-state index is -3.82. The van der Waals surface area contributed by atoms with Gasteiger partial charge in [-0.25, -0.2) is 8.42 Å². The molecule has 0 atom stereocenters. The van der Waals surface area contributed by atoms with Gasteiger partial charge in [0.25, 0.3) is 0 Å². The van der Waals surface area contributed by atoms with Crippen LogP contribution in [0.1, 0.15) is 21.5 Å². The lowest BCUT2D eigenvalue weighted by atomic mass is 9.94. The Hall–Kier alpha value is -8.43. The number of aromatic nitrogens is 3. The van der Waals surface area contributed by atoms with Crippen LogP contribution in [-0.2, 0) is 16.3 Å². The number of hydrogen-bond acceptors (Lipinski definition) is 4. The molecule has 332 valence electrons. The number of ketones is 1. The summed E-state index contributed by atoms with van der Waals surface area (Å²) in [4.78, 5) is 16.1. The second-order valence-corrected chi connectivity index (χ2v) is 21.1. The lowest BCUT2D eigenvalue weighted by molar-refractivity contribution is 0.103. The minimum Gasteiger partial charge on any atom is -0.310 e. The average molecular weight is 938 g/mol. The molecule has 70 heavy (non-hydrogen) atoms. The first-order valence-corrected chi connectivity index (χ1v) is 25.6. The van der Waals surface area contributed by atoms with Crippen LogP contribution >= 0.6 is 11.8 Å². The highest BCUT2D eigenvalue weighted by atomic mass is 32.2. The molecule has 5 heterocycles. The van der Waals surface area contributed by atoms with Gasteiger partial charge in [-0.15, -0.1) is 0 Å². The van der Waals surface area contributed by atoms with E-state index in [1.54, 1.807) is 42.1 Å². The summed E-state index contributed by atoms with van der Waals surface area (Å²) in [5.74, 6) is -0.273. The number of allylic oxidation sites excluding steroid dienone is 5. The molecule has 6 nitrogen and oxygen atoms in total. The lowest BCUT2D eigenvalue weighted by Gasteiger charge is -2.20. The van der Waals surface area contributed by atoms with Crippen LogP contribution < -0.4 is 0 Å². The maximum atomic E-state index is 13.7. The number of benzene rings is 9. The molecule has 0 saturated heterocycles. The number of sulfone groups is 1. The van der Waals surface area contributed by atoms with Crippen molar-refractivity contribution in [3.8, 4) is 22.5 Å². The molecule has 0 unspecified atom stereocenters. The van der Waals surface area contributed by atoms with Crippen molar-refractivity contribution < 1.29 is 13.2 Å². The molecule has 0 N–H and O–H groups in total. The maximum absolute atomic E-state index is 13.7. The van der Waals surface area contributed by atoms with Gasteiger partial charge < -0.3 is 13.7 Å². The predicted octanol–water partition coefficient (Wildman–Crippen LogP) is 15.3. The predicted molar refractivity (Wildman–Crippen MR) is 287 cm³/mol. The number of fused-ring (bicyclic) bond motifs is 12. The minimum absolute atomic E-state index is 0.0586. The normalized spacial score (nSPS) is 14.7. The first kappa shape index (κ1) is 40.6. The van der Waals surface area contributed by atoms with Crippen molar-refractivity contribution in [2.75, 3.05) is 0 Å². The number of rotatable bonds is 6. The van der Waals surface area contributed by atoms with Gasteiger partial charge in [-0.1, -0.05) is 134 Å². The second-order valence-electron chi connectivity index (χ2n) is 18.1. The molecule has 0 fully saturated rings. The van der Waals surface area contributed by atoms with Crippen molar-refractivity contribution in [1.82, 2.24) is 13.7 Å². The summed E-state index contributed by atoms with van der Waals surface area (Å²) in [6.07, 6.45) is 7.04. The van der Waals surface area contributed by atoms with E-state index in [1.807, 2.05) is 12.1 Å². The molecule has 2 aliphatic rings. The third kappa shape index (κ3) is 5.93. The van der Waals surface area contributed by atoms with Gasteiger partial charge in [-0.05, 0) is 119 Å². The number of thioether (sulfide) groups is 1. The SMILES string of the molecule is C=C(/C=C\C=C1/Cc2c(cccc2-c2ccc3c(c2)C(=O)c2ccccc2S3(=O)=O)S1)n1c2ccc(-n3c4ccccc4c4ccccc43)cc2c2cc(-n3c4ccccc4c4ccccc43)ccc21. The molecular weight excluding hydrogens is 899 g/mol. The highest BCUT2D eigenvalue weighted by molar-refractivity contribution is 8.03. The van der Waals surface area contributed by atoms with Crippen LogP contribution in [0.15, 0.2) is 239 Å². The van der Waals surface area contributed by atoms with Crippen molar-refractivity contribution >= 4 is 98.5 Å². The standard InChI is InChI=1S/C62H39N3O3S2/c1-38(14-12-15-42-37-51-43(21-13-26-59(51)69-42)39-28-33-61-52(34-39)62(66)48-20-6-11-27-60(48)70(61,67)68)63-57-31-29-40(64-53-22-7-2-16-44(53)45-17-3-8-23-54(45)64)35-49(57)50-36-41(30-32-58(50)63)65-55-24-9-4-18-46(55)47-19-5-10-25-56(47)65/h2-36H,1,37H2/b14-12-,42-15+. The van der Waals surface area contributed by atoms with Crippen molar-refractivity contribution in [1.29, 1.82) is 0 Å². The Kier molecular flexibility index (Phi) is 8.87. The molecule has 0 saturated carbocycles. The van der Waals surface area contributed by atoms with Crippen LogP contribution in [0.25, 0.3) is 93.6 Å². The fourth-order valence-electron chi connectivity index (χ4n) is 11.1. The van der Waals surface area contributed by atoms with Gasteiger partial charge in [0.1, 0.15) is 0 Å². The van der Waals surface area contributed by atoms with Crippen LogP contribution in [0, 0.1) is 0 Å². The Bertz CT molecular complexity index is 4210. The summed E-state index contributed by atoms with van der Waals surface area (Å²) in [5.41, 5.74) is 13.2. The summed E-state index contributed by atoms with van der Waals surface area (Å²) in [7, 11) is -3.82. The van der Waals surface area contributed by atoms with E-state index in [2.05, 4.69) is 184 Å². The Balaban J connectivity index is 0.853. The van der Waals surface area contributed by atoms with E-state index in [0.717, 1.165) is 82.5 Å². The van der Waals surface area contributed by atoms with Gasteiger partial charge in [0, 0.05) is 71.8 Å². The zero-order valence-electron chi connectivity index (χ0n) is 37.5. The van der Waals surface area contributed by atoms with E-state index >= 15 is 0 Å². The third-order valence-electron chi connectivity index (χ3n) is 14.2. The number of carbonyl (C=O) groups is 1. The Morgan fingerprint density at radius 1 is 0.500 bits per heavy atom. The van der Waals surface area contributed by atoms with Crippen LogP contribution in [0.4, 0.5) is 0 Å². The topological polar surface area (TPSA) is 66.0 Å². The first-order chi connectivity index (χ1) is 34.3. The van der Waals surface area contributed by atoms with Crippen LogP contribution in [-0.4, -0.2) is 27.9 Å². The van der Waals surface area contributed by atoms with Crippen LogP contribution in [0.2, 0.25) is 0 Å². The fourth-order valence-corrected chi connectivity index (χ4v) is 13.9. The highest BCUT2D eigenvalue weighted by Crippen LogP contribution is 2.46. The van der Waals surface area contributed by atoms with Crippen LogP contribution in [0.5, 0.6) is 0 Å². The third-order valence-corrected chi connectivity index (χ3v) is 17.3. The molecule has 8 heteroatoms. The molecule has 2 aliphatic heterocycles. The molecule has 0 aliphatic carbocycles. The first-order valence-electron chi connectivity index (χ1n) is 23.3. The smallest absolute Gasteiger partial charge is 0.208 e. The number of para-hydroxylation sites is 4. The Labute approximate surface area is 407 Å². The van der Waals surface area contributed by atoms with E-state index in [9.17, 15) is 13.2 Å². The van der Waals surface area contributed by atoms with Crippen LogP contribution in [0.3, 0.4) is 0 Å². The highest BCUT2D eigenvalue weighted by Gasteiger charge is 2.35. The quantitative estimate of drug-likeness (QED) is 0.156. The van der Waals surface area contributed by atoms with Crippen molar-refractivity contribution in [2.45, 2.75) is 21.1 Å². The monoisotopic (exact) mass is 937 g/mol. The molecule has 0 amide bonds. The Morgan fingerprint density at radius 3 is 1.60 bits per heavy atom. The summed E-state index contributed by atoms with van der Waals surface area (Å²) >= 11 is 1.73. The second kappa shape index (κ2) is 15.3. The zero-order chi connectivity index (χ0) is 46.8. The molecule has 3 aromatic heterocycles. The van der Waals surface area contributed by atoms with Gasteiger partial charge in [0.2, 0.25) is 9.84 Å². The fraction of sp³-hybridized carbons (Fsp3) is 0.0161. The van der Waals surface area contributed by atoms with Crippen molar-refractivity contribution in [3.63, 3.8) is 0 Å². The Morgan fingerprint density at radius 2 is 1.01 bits per heavy atom. The summed E-state index contributed by atoms with van der Waals surface area (Å²) in [5, 5.41) is 7.15. The molecule has 9 aromatic carbocycles. The molecule has 14 rings (SSSR count). The number of nitrogens with zero attached hydrogens (tertiary/aromatic N) is 3. The van der Waals surface area contributed by atoms with E-state index in [1.165, 1.54) is 32.5 Å². The van der Waals surface area contributed by atoms with Gasteiger partial charge >= 0.3 is 0 Å². The lowest BCUT2D eigenvalue weighted by Crippen LogP contribution is -2.20. The largest absolute Gasteiger partial charge is 0.310 e. The maximum Gasteiger partial charge on any atom is 0.208 e. The molecule has 0 spiro atoms. The molecule has 12 aromatic rings. The molecule has 0 radical (unpaired) electrons. The summed E-state index contributed by atoms with van der Waals surface area (Å²) in [6.45, 7) is 4.69. The molecule has 0 bridgehead atoms. The average Bonchev–Trinajstić information content (AvgIpc) is 4.15. The number of hydrogen-bond donors (Lipinski definition) is 0. The van der Waals surface area contributed by atoms with E-state index in [-0.39, 0.29) is 26.7 Å². The van der Waals surface area contributed by atoms with Gasteiger partial charge in [0.05, 0.1) is 42.9 Å². The summed E-state index contributed by atoms with van der Waals surface area (Å²) in [6, 6.07) is 66.0. The zero-order valence-corrected chi connectivity index (χ0v) is 39.1. The summed E-state index contributed by atoms with van der Waals surface area (Å²) < 4.78 is 34.2. The molecular formula is C62H39N3O3S2. The van der Waals surface area contributed by atoms with E-state index in [0.29, 0.717) is 6.42 Å². The van der Waals surface area contributed by atoms with Crippen molar-refractivity contribution in [3.05, 3.63) is 241 Å². The van der Waals surface area contributed by atoms with Gasteiger partial charge in [0.15, 0.2) is 5.78 Å². The van der Waals surface area contributed by atoms with E-state index in [4.69, 9.17) is 0 Å². The van der Waals surface area contributed by atoms with Crippen molar-refractivity contribution in [2.24, 2.45) is 0 Å². The number of carbonyl (C=O) groups excluding carboxylic acids is 1. The van der Waals surface area contributed by atoms with Gasteiger partial charge in [-0.3, -0.25) is 4.79 Å². The van der Waals surface area contributed by atoms with Gasteiger partial charge in [-0.2, -0.15) is 0 Å². The van der Waals surface area contributed by atoms with E-state index < -0.39 is 9.84 Å².